The molecule has 63 heavy (non-hydrogen) atoms. The number of ether oxygens (including phenoxy) is 4. The van der Waals surface area contributed by atoms with Crippen LogP contribution in [0.3, 0.4) is 0 Å². The van der Waals surface area contributed by atoms with Crippen LogP contribution in [0.2, 0.25) is 0 Å². The minimum Gasteiger partial charge on any atom is -0.438 e. The number of unbranched alkanes of at least 4 members (excludes halogenated alkanes) is 1. The molecule has 4 amide bonds. The lowest BCUT2D eigenvalue weighted by Gasteiger charge is -2.36. The molecule has 2 aromatic carbocycles. The van der Waals surface area contributed by atoms with Crippen LogP contribution in [-0.2, 0) is 33.4 Å². The van der Waals surface area contributed by atoms with Crippen LogP contribution in [-0.4, -0.2) is 122 Å². The molecule has 18 heteroatoms. The zero-order valence-electron chi connectivity index (χ0n) is 36.1. The third kappa shape index (κ3) is 16.6. The largest absolute Gasteiger partial charge is 0.438 e. The van der Waals surface area contributed by atoms with Gasteiger partial charge in [0.25, 0.3) is 0 Å². The molecular weight excluding hydrogens is 814 g/mol. The lowest BCUT2D eigenvalue weighted by atomic mass is 10.2. The molecule has 0 radical (unpaired) electrons. The van der Waals surface area contributed by atoms with Crippen LogP contribution in [0.4, 0.5) is 27.4 Å². The molecule has 0 spiro atoms. The van der Waals surface area contributed by atoms with Crippen LogP contribution in [0, 0.1) is 5.82 Å². The van der Waals surface area contributed by atoms with Crippen LogP contribution in [0.25, 0.3) is 11.0 Å². The predicted octanol–water partition coefficient (Wildman–Crippen LogP) is 5.83. The number of H-pyrrole nitrogens is 1. The molecule has 1 fully saturated rings. The number of halogens is 1. The van der Waals surface area contributed by atoms with Crippen LogP contribution < -0.4 is 30.9 Å². The highest BCUT2D eigenvalue weighted by molar-refractivity contribution is 5.99. The van der Waals surface area contributed by atoms with Crippen molar-refractivity contribution in [2.24, 2.45) is 0 Å². The summed E-state index contributed by atoms with van der Waals surface area (Å²) in [5.74, 6) is 0.0518. The van der Waals surface area contributed by atoms with Gasteiger partial charge in [-0.05, 0) is 68.2 Å². The maximum atomic E-state index is 15.5. The van der Waals surface area contributed by atoms with Gasteiger partial charge in [0.15, 0.2) is 0 Å². The summed E-state index contributed by atoms with van der Waals surface area (Å²) < 4.78 is 38.2. The molecule has 5 rings (SSSR count). The minimum absolute atomic E-state index is 0.0256. The summed E-state index contributed by atoms with van der Waals surface area (Å²) in [5.41, 5.74) is 1.89. The molecule has 340 valence electrons. The van der Waals surface area contributed by atoms with Crippen molar-refractivity contribution in [2.45, 2.75) is 58.3 Å². The SMILES string of the molecule is C=CC(=O)Nc1cccc(Oc2nc(Nc3ccc(N4CCN(C(=O)CCCC(=O)NCCCOCCOCCOCCCNC(=O)CCCC)CC4)c(F)c3)nc3[nH]ccc23)c1. The topological polar surface area (TPSA) is 201 Å². The van der Waals surface area contributed by atoms with Crippen LogP contribution >= 0.6 is 0 Å². The number of anilines is 4. The van der Waals surface area contributed by atoms with E-state index in [1.54, 1.807) is 53.6 Å². The Morgan fingerprint density at radius 1 is 0.794 bits per heavy atom. The second-order valence-corrected chi connectivity index (χ2v) is 14.8. The van der Waals surface area contributed by atoms with E-state index < -0.39 is 5.82 Å². The van der Waals surface area contributed by atoms with Crippen molar-refractivity contribution in [3.05, 3.63) is 73.2 Å². The zero-order chi connectivity index (χ0) is 44.7. The lowest BCUT2D eigenvalue weighted by molar-refractivity contribution is -0.131. The zero-order valence-corrected chi connectivity index (χ0v) is 36.1. The van der Waals surface area contributed by atoms with Crippen molar-refractivity contribution in [3.8, 4) is 11.6 Å². The number of hydrogen-bond acceptors (Lipinski definition) is 12. The smallest absolute Gasteiger partial charge is 0.247 e. The molecule has 0 bridgehead atoms. The summed E-state index contributed by atoms with van der Waals surface area (Å²) in [6.45, 7) is 11.4. The first-order valence-electron chi connectivity index (χ1n) is 21.6. The van der Waals surface area contributed by atoms with Crippen molar-refractivity contribution in [1.82, 2.24) is 30.5 Å². The number of rotatable bonds is 28. The Hall–Kier alpha value is -6.11. The first kappa shape index (κ1) is 47.9. The van der Waals surface area contributed by atoms with Gasteiger partial charge in [0.05, 0.1) is 37.5 Å². The highest BCUT2D eigenvalue weighted by atomic mass is 19.1. The molecule has 4 aromatic rings. The number of nitrogens with one attached hydrogen (secondary N) is 5. The Labute approximate surface area is 367 Å². The fourth-order valence-corrected chi connectivity index (χ4v) is 6.57. The molecule has 0 saturated carbocycles. The Morgan fingerprint density at radius 3 is 2.14 bits per heavy atom. The van der Waals surface area contributed by atoms with Gasteiger partial charge in [-0.15, -0.1) is 0 Å². The van der Waals surface area contributed by atoms with Gasteiger partial charge in [-0.3, -0.25) is 19.2 Å². The second kappa shape index (κ2) is 26.4. The van der Waals surface area contributed by atoms with Gasteiger partial charge < -0.3 is 55.0 Å². The van der Waals surface area contributed by atoms with Gasteiger partial charge in [-0.25, -0.2) is 4.39 Å². The van der Waals surface area contributed by atoms with Crippen molar-refractivity contribution < 1.29 is 42.5 Å². The highest BCUT2D eigenvalue weighted by Crippen LogP contribution is 2.31. The van der Waals surface area contributed by atoms with E-state index in [-0.39, 0.29) is 48.3 Å². The van der Waals surface area contributed by atoms with Gasteiger partial charge in [0, 0.05) is 95.4 Å². The molecular formula is C45H60FN9O8. The van der Waals surface area contributed by atoms with Gasteiger partial charge in [-0.1, -0.05) is 26.0 Å². The molecule has 1 saturated heterocycles. The van der Waals surface area contributed by atoms with Crippen LogP contribution in [0.5, 0.6) is 11.6 Å². The number of nitrogens with zero attached hydrogens (tertiary/aromatic N) is 4. The summed E-state index contributed by atoms with van der Waals surface area (Å²) in [5, 5.41) is 12.2. The number of amides is 4. The fourth-order valence-electron chi connectivity index (χ4n) is 6.57. The van der Waals surface area contributed by atoms with Gasteiger partial charge in [0.2, 0.25) is 35.5 Å². The number of aromatic nitrogens is 3. The second-order valence-electron chi connectivity index (χ2n) is 14.8. The van der Waals surface area contributed by atoms with E-state index in [1.807, 2.05) is 4.90 Å². The maximum Gasteiger partial charge on any atom is 0.247 e. The summed E-state index contributed by atoms with van der Waals surface area (Å²) in [4.78, 5) is 64.3. The van der Waals surface area contributed by atoms with E-state index in [0.717, 1.165) is 19.3 Å². The molecule has 1 aliphatic heterocycles. The molecule has 0 unspecified atom stereocenters. The summed E-state index contributed by atoms with van der Waals surface area (Å²) >= 11 is 0. The summed E-state index contributed by atoms with van der Waals surface area (Å²) in [7, 11) is 0. The van der Waals surface area contributed by atoms with E-state index in [0.29, 0.717) is 132 Å². The molecule has 5 N–H and O–H groups in total. The maximum absolute atomic E-state index is 15.5. The molecule has 0 aliphatic carbocycles. The molecule has 0 atom stereocenters. The molecule has 1 aliphatic rings. The first-order chi connectivity index (χ1) is 30.7. The predicted molar refractivity (Wildman–Crippen MR) is 239 cm³/mol. The quantitative estimate of drug-likeness (QED) is 0.0339. The fraction of sp³-hybridized carbons (Fsp3) is 0.467. The number of carbonyl (C=O) groups excluding carboxylic acids is 4. The van der Waals surface area contributed by atoms with E-state index in [9.17, 15) is 19.2 Å². The first-order valence-corrected chi connectivity index (χ1v) is 21.6. The normalized spacial score (nSPS) is 12.5. The van der Waals surface area contributed by atoms with E-state index >= 15 is 4.39 Å². The Balaban J connectivity index is 0.920. The Bertz CT molecular complexity index is 2090. The average molecular weight is 874 g/mol. The third-order valence-electron chi connectivity index (χ3n) is 9.93. The standard InChI is InChI=1S/C45H60FN9O8/c1-3-5-12-40(57)47-18-8-25-60-27-29-62-30-28-61-26-9-19-48-41(58)13-7-14-42(59)55-23-21-54(22-24-55)38-16-15-34(32-37(38)46)51-45-52-43-36(17-20-49-43)44(53-45)63-35-11-6-10-33(31-35)50-39(56)4-2/h4,6,10-11,15-17,20,31-32H,2-3,5,7-9,12-14,18-19,21-30H2,1H3,(H,47,57)(H,48,58)(H,50,56)(H2,49,51,52,53). The van der Waals surface area contributed by atoms with Crippen molar-refractivity contribution >= 4 is 57.7 Å². The lowest BCUT2D eigenvalue weighted by Crippen LogP contribution is -2.49. The molecule has 3 heterocycles. The number of piperazine rings is 1. The third-order valence-corrected chi connectivity index (χ3v) is 9.93. The van der Waals surface area contributed by atoms with E-state index in [4.69, 9.17) is 18.9 Å². The van der Waals surface area contributed by atoms with Crippen LogP contribution in [0.1, 0.15) is 58.3 Å². The number of fused-ring (bicyclic) bond motifs is 1. The Morgan fingerprint density at radius 2 is 1.48 bits per heavy atom. The molecule has 2 aromatic heterocycles. The number of aromatic amines is 1. The summed E-state index contributed by atoms with van der Waals surface area (Å²) in [6.07, 6.45) is 7.77. The van der Waals surface area contributed by atoms with Crippen molar-refractivity contribution in [3.63, 3.8) is 0 Å². The van der Waals surface area contributed by atoms with Gasteiger partial charge >= 0.3 is 0 Å². The minimum atomic E-state index is -0.437. The van der Waals surface area contributed by atoms with Gasteiger partial charge in [0.1, 0.15) is 17.2 Å². The Kier molecular flexibility index (Phi) is 20.1. The number of hydrogen-bond donors (Lipinski definition) is 5. The number of carbonyl (C=O) groups is 4. The summed E-state index contributed by atoms with van der Waals surface area (Å²) in [6, 6.07) is 13.4. The van der Waals surface area contributed by atoms with E-state index in [1.165, 1.54) is 12.1 Å². The highest BCUT2D eigenvalue weighted by Gasteiger charge is 2.23. The monoisotopic (exact) mass is 873 g/mol. The van der Waals surface area contributed by atoms with Crippen molar-refractivity contribution in [2.75, 3.05) is 94.4 Å². The number of benzene rings is 2. The van der Waals surface area contributed by atoms with Gasteiger partial charge in [-0.2, -0.15) is 9.97 Å². The van der Waals surface area contributed by atoms with E-state index in [2.05, 4.69) is 49.7 Å². The average Bonchev–Trinajstić information content (AvgIpc) is 3.76. The molecule has 17 nitrogen and oxygen atoms in total. The van der Waals surface area contributed by atoms with Crippen LogP contribution in [0.15, 0.2) is 67.4 Å². The van der Waals surface area contributed by atoms with Crippen molar-refractivity contribution in [1.29, 1.82) is 0 Å².